The maximum atomic E-state index is 12.9. The molecule has 0 saturated heterocycles. The first-order valence-corrected chi connectivity index (χ1v) is 4.35. The average molecular weight is 249 g/mol. The molecule has 2 nitrogen and oxygen atoms in total. The van der Waals surface area contributed by atoms with E-state index in [9.17, 15) is 4.39 Å². The molecule has 0 atom stereocenters. The molecule has 0 spiro atoms. The van der Waals surface area contributed by atoms with Crippen molar-refractivity contribution in [3.05, 3.63) is 27.7 Å². The number of halogens is 3. The standard InChI is InChI=1S/C7H3BrClFN2/c8-7-11-4-2-1-3(10)5(9)6(4)12-7/h1-2H,(H,11,12). The quantitative estimate of drug-likeness (QED) is 0.763. The molecule has 0 bridgehead atoms. The van der Waals surface area contributed by atoms with Crippen LogP contribution in [0.2, 0.25) is 5.02 Å². The number of benzene rings is 1. The topological polar surface area (TPSA) is 28.7 Å². The van der Waals surface area contributed by atoms with Crippen molar-refractivity contribution in [3.63, 3.8) is 0 Å². The number of rotatable bonds is 0. The highest BCUT2D eigenvalue weighted by molar-refractivity contribution is 9.10. The fourth-order valence-electron chi connectivity index (χ4n) is 0.987. The summed E-state index contributed by atoms with van der Waals surface area (Å²) in [6, 6.07) is 2.89. The lowest BCUT2D eigenvalue weighted by Gasteiger charge is -1.92. The van der Waals surface area contributed by atoms with Gasteiger partial charge in [0.15, 0.2) is 4.73 Å². The Labute approximate surface area is 80.9 Å². The van der Waals surface area contributed by atoms with E-state index in [2.05, 4.69) is 25.9 Å². The molecule has 0 saturated carbocycles. The van der Waals surface area contributed by atoms with Gasteiger partial charge in [-0.05, 0) is 28.1 Å². The number of nitrogens with one attached hydrogen (secondary N) is 1. The first-order valence-electron chi connectivity index (χ1n) is 3.17. The third kappa shape index (κ3) is 1.11. The first-order chi connectivity index (χ1) is 5.68. The molecule has 1 N–H and O–H groups in total. The van der Waals surface area contributed by atoms with Gasteiger partial charge in [0, 0.05) is 0 Å². The summed E-state index contributed by atoms with van der Waals surface area (Å²) >= 11 is 8.80. The van der Waals surface area contributed by atoms with E-state index >= 15 is 0 Å². The molecule has 2 rings (SSSR count). The summed E-state index contributed by atoms with van der Waals surface area (Å²) < 4.78 is 13.4. The smallest absolute Gasteiger partial charge is 0.175 e. The number of hydrogen-bond acceptors (Lipinski definition) is 1. The number of aromatic nitrogens is 2. The van der Waals surface area contributed by atoms with Gasteiger partial charge >= 0.3 is 0 Å². The highest BCUT2D eigenvalue weighted by atomic mass is 79.9. The molecule has 2 aromatic rings. The van der Waals surface area contributed by atoms with Crippen molar-refractivity contribution in [1.29, 1.82) is 0 Å². The summed E-state index contributed by atoms with van der Waals surface area (Å²) in [5.41, 5.74) is 1.16. The number of hydrogen-bond donors (Lipinski definition) is 1. The number of imidazole rings is 1. The van der Waals surface area contributed by atoms with Gasteiger partial charge in [-0.25, -0.2) is 9.37 Å². The number of H-pyrrole nitrogens is 1. The second-order valence-corrected chi connectivity index (χ2v) is 3.41. The molecule has 0 aliphatic rings. The van der Waals surface area contributed by atoms with Crippen LogP contribution in [0.4, 0.5) is 4.39 Å². The van der Waals surface area contributed by atoms with Crippen molar-refractivity contribution in [3.8, 4) is 0 Å². The van der Waals surface area contributed by atoms with E-state index in [-0.39, 0.29) is 5.02 Å². The predicted molar refractivity (Wildman–Crippen MR) is 48.8 cm³/mol. The second-order valence-electron chi connectivity index (χ2n) is 2.29. The monoisotopic (exact) mass is 248 g/mol. The zero-order valence-electron chi connectivity index (χ0n) is 5.74. The van der Waals surface area contributed by atoms with Crippen molar-refractivity contribution < 1.29 is 4.39 Å². The van der Waals surface area contributed by atoms with E-state index < -0.39 is 5.82 Å². The fourth-order valence-corrected chi connectivity index (χ4v) is 1.59. The SMILES string of the molecule is Fc1ccc2[nH]c(Br)nc2c1Cl. The lowest BCUT2D eigenvalue weighted by molar-refractivity contribution is 0.630. The summed E-state index contributed by atoms with van der Waals surface area (Å²) in [5, 5.41) is 0.0504. The number of fused-ring (bicyclic) bond motifs is 1. The Bertz CT molecular complexity index is 440. The highest BCUT2D eigenvalue weighted by Gasteiger charge is 2.08. The molecular weight excluding hydrogens is 246 g/mol. The van der Waals surface area contributed by atoms with E-state index in [0.717, 1.165) is 0 Å². The molecule has 0 radical (unpaired) electrons. The van der Waals surface area contributed by atoms with Gasteiger partial charge in [0.2, 0.25) is 0 Å². The molecular formula is C7H3BrClFN2. The van der Waals surface area contributed by atoms with E-state index in [1.54, 1.807) is 6.07 Å². The maximum Gasteiger partial charge on any atom is 0.175 e. The third-order valence-electron chi connectivity index (χ3n) is 1.52. The van der Waals surface area contributed by atoms with Gasteiger partial charge in [-0.1, -0.05) is 11.6 Å². The molecule has 1 heterocycles. The molecule has 0 aliphatic heterocycles. The molecule has 62 valence electrons. The second kappa shape index (κ2) is 2.71. The minimum atomic E-state index is -0.455. The molecule has 1 aromatic heterocycles. The molecule has 0 unspecified atom stereocenters. The summed E-state index contributed by atoms with van der Waals surface area (Å²) in [5.74, 6) is -0.455. The molecule has 12 heavy (non-hydrogen) atoms. The van der Waals surface area contributed by atoms with Crippen LogP contribution in [-0.2, 0) is 0 Å². The summed E-state index contributed by atoms with van der Waals surface area (Å²) in [7, 11) is 0. The predicted octanol–water partition coefficient (Wildman–Crippen LogP) is 3.12. The highest BCUT2D eigenvalue weighted by Crippen LogP contribution is 2.25. The normalized spacial score (nSPS) is 10.9. The summed E-state index contributed by atoms with van der Waals surface area (Å²) in [4.78, 5) is 6.84. The van der Waals surface area contributed by atoms with Gasteiger partial charge in [0.1, 0.15) is 16.4 Å². The van der Waals surface area contributed by atoms with Crippen molar-refractivity contribution in [1.82, 2.24) is 9.97 Å². The van der Waals surface area contributed by atoms with E-state index in [1.807, 2.05) is 0 Å². The molecule has 0 amide bonds. The minimum Gasteiger partial charge on any atom is -0.332 e. The Morgan fingerprint density at radius 2 is 2.25 bits per heavy atom. The number of nitrogens with zero attached hydrogens (tertiary/aromatic N) is 1. The largest absolute Gasteiger partial charge is 0.332 e. The Kier molecular flexibility index (Phi) is 1.81. The van der Waals surface area contributed by atoms with Crippen molar-refractivity contribution in [2.75, 3.05) is 0 Å². The Morgan fingerprint density at radius 1 is 1.50 bits per heavy atom. The molecule has 0 fully saturated rings. The van der Waals surface area contributed by atoms with Gasteiger partial charge in [-0.3, -0.25) is 0 Å². The Hall–Kier alpha value is -0.610. The summed E-state index contributed by atoms with van der Waals surface area (Å²) in [6.45, 7) is 0. The van der Waals surface area contributed by atoms with Crippen molar-refractivity contribution >= 4 is 38.6 Å². The van der Waals surface area contributed by atoms with Crippen LogP contribution in [0.15, 0.2) is 16.9 Å². The zero-order valence-corrected chi connectivity index (χ0v) is 8.08. The Balaban J connectivity index is 2.89. The van der Waals surface area contributed by atoms with E-state index in [1.165, 1.54) is 6.07 Å². The van der Waals surface area contributed by atoms with Crippen LogP contribution in [0.3, 0.4) is 0 Å². The minimum absolute atomic E-state index is 0.0504. The van der Waals surface area contributed by atoms with Crippen LogP contribution in [0, 0.1) is 5.82 Å². The first kappa shape index (κ1) is 8.01. The van der Waals surface area contributed by atoms with Gasteiger partial charge in [0.25, 0.3) is 0 Å². The lowest BCUT2D eigenvalue weighted by atomic mass is 10.3. The van der Waals surface area contributed by atoms with Gasteiger partial charge < -0.3 is 4.98 Å². The van der Waals surface area contributed by atoms with E-state index in [4.69, 9.17) is 11.6 Å². The van der Waals surface area contributed by atoms with Crippen molar-refractivity contribution in [2.45, 2.75) is 0 Å². The van der Waals surface area contributed by atoms with Gasteiger partial charge in [0.05, 0.1) is 5.52 Å². The van der Waals surface area contributed by atoms with Crippen LogP contribution >= 0.6 is 27.5 Å². The van der Waals surface area contributed by atoms with Crippen molar-refractivity contribution in [2.24, 2.45) is 0 Å². The summed E-state index contributed by atoms with van der Waals surface area (Å²) in [6.07, 6.45) is 0. The lowest BCUT2D eigenvalue weighted by Crippen LogP contribution is -1.77. The molecule has 0 aliphatic carbocycles. The van der Waals surface area contributed by atoms with Crippen LogP contribution in [0.5, 0.6) is 0 Å². The maximum absolute atomic E-state index is 12.9. The zero-order chi connectivity index (χ0) is 8.72. The molecule has 1 aromatic carbocycles. The Morgan fingerprint density at radius 3 is 3.00 bits per heavy atom. The van der Waals surface area contributed by atoms with Crippen LogP contribution in [-0.4, -0.2) is 9.97 Å². The van der Waals surface area contributed by atoms with Crippen LogP contribution in [0.1, 0.15) is 0 Å². The molecule has 5 heteroatoms. The van der Waals surface area contributed by atoms with Gasteiger partial charge in [-0.15, -0.1) is 0 Å². The number of aromatic amines is 1. The van der Waals surface area contributed by atoms with Crippen LogP contribution in [0.25, 0.3) is 11.0 Å². The van der Waals surface area contributed by atoms with Crippen LogP contribution < -0.4 is 0 Å². The van der Waals surface area contributed by atoms with Gasteiger partial charge in [-0.2, -0.15) is 0 Å². The third-order valence-corrected chi connectivity index (χ3v) is 2.25. The fraction of sp³-hybridized carbons (Fsp3) is 0. The van der Waals surface area contributed by atoms with E-state index in [0.29, 0.717) is 15.8 Å². The average Bonchev–Trinajstić information content (AvgIpc) is 2.39.